The molecule has 0 aromatic carbocycles. The highest BCUT2D eigenvalue weighted by Crippen LogP contribution is 2.26. The highest BCUT2D eigenvalue weighted by molar-refractivity contribution is 5.91. The maximum Gasteiger partial charge on any atom is 0.317 e. The summed E-state index contributed by atoms with van der Waals surface area (Å²) >= 11 is 0. The summed E-state index contributed by atoms with van der Waals surface area (Å²) < 4.78 is 10.8. The van der Waals surface area contributed by atoms with Gasteiger partial charge < -0.3 is 24.7 Å². The Labute approximate surface area is 148 Å². The lowest BCUT2D eigenvalue weighted by molar-refractivity contribution is 0.0888. The molecule has 1 atom stereocenters. The third-order valence-corrected chi connectivity index (χ3v) is 5.05. The first kappa shape index (κ1) is 17.8. The lowest BCUT2D eigenvalue weighted by atomic mass is 9.90. The first-order valence-electron chi connectivity index (χ1n) is 8.93. The number of amides is 3. The van der Waals surface area contributed by atoms with Crippen molar-refractivity contribution in [2.45, 2.75) is 39.2 Å². The SMILES string of the molecule is Cc1ccc(C(=O)NC2CCN(C(=O)NCC3(C)CCOC3)CC2)o1. The van der Waals surface area contributed by atoms with E-state index in [1.165, 1.54) is 0 Å². The number of nitrogens with one attached hydrogen (secondary N) is 2. The van der Waals surface area contributed by atoms with Crippen LogP contribution in [0.3, 0.4) is 0 Å². The number of hydrogen-bond acceptors (Lipinski definition) is 4. The number of carbonyl (C=O) groups excluding carboxylic acids is 2. The predicted octanol–water partition coefficient (Wildman–Crippen LogP) is 1.92. The molecule has 0 spiro atoms. The third kappa shape index (κ3) is 4.54. The Morgan fingerprint density at radius 1 is 1.32 bits per heavy atom. The molecule has 0 bridgehead atoms. The minimum atomic E-state index is -0.190. The molecular formula is C18H27N3O4. The van der Waals surface area contributed by atoms with Crippen LogP contribution in [0.4, 0.5) is 4.79 Å². The van der Waals surface area contributed by atoms with Gasteiger partial charge in [-0.2, -0.15) is 0 Å². The molecule has 0 aliphatic carbocycles. The molecule has 3 rings (SSSR count). The zero-order chi connectivity index (χ0) is 17.9. The second-order valence-corrected chi connectivity index (χ2v) is 7.42. The largest absolute Gasteiger partial charge is 0.456 e. The summed E-state index contributed by atoms with van der Waals surface area (Å²) in [6.07, 6.45) is 2.48. The molecule has 1 unspecified atom stereocenters. The van der Waals surface area contributed by atoms with E-state index >= 15 is 0 Å². The van der Waals surface area contributed by atoms with E-state index in [4.69, 9.17) is 9.15 Å². The third-order valence-electron chi connectivity index (χ3n) is 5.05. The second kappa shape index (κ2) is 7.47. The van der Waals surface area contributed by atoms with Gasteiger partial charge in [-0.05, 0) is 38.3 Å². The average Bonchev–Trinajstić information content (AvgIpc) is 3.22. The summed E-state index contributed by atoms with van der Waals surface area (Å²) in [7, 11) is 0. The van der Waals surface area contributed by atoms with Gasteiger partial charge in [0.05, 0.1) is 6.61 Å². The van der Waals surface area contributed by atoms with E-state index in [9.17, 15) is 9.59 Å². The standard InChI is InChI=1S/C18H27N3O4/c1-13-3-4-15(25-13)16(22)20-14-5-8-21(9-6-14)17(23)19-11-18(2)7-10-24-12-18/h3-4,14H,5-12H2,1-2H3,(H,19,23)(H,20,22). The van der Waals surface area contributed by atoms with E-state index in [2.05, 4.69) is 17.6 Å². The minimum Gasteiger partial charge on any atom is -0.456 e. The van der Waals surface area contributed by atoms with Crippen LogP contribution >= 0.6 is 0 Å². The van der Waals surface area contributed by atoms with Crippen LogP contribution in [-0.4, -0.2) is 55.7 Å². The Morgan fingerprint density at radius 2 is 2.08 bits per heavy atom. The van der Waals surface area contributed by atoms with Crippen molar-refractivity contribution >= 4 is 11.9 Å². The summed E-state index contributed by atoms with van der Waals surface area (Å²) in [6, 6.07) is 3.50. The quantitative estimate of drug-likeness (QED) is 0.870. The molecule has 0 radical (unpaired) electrons. The second-order valence-electron chi connectivity index (χ2n) is 7.42. The molecule has 3 heterocycles. The molecule has 7 heteroatoms. The van der Waals surface area contributed by atoms with E-state index in [0.29, 0.717) is 32.0 Å². The Morgan fingerprint density at radius 3 is 2.68 bits per heavy atom. The average molecular weight is 349 g/mol. The topological polar surface area (TPSA) is 83.8 Å². The molecule has 1 aromatic heterocycles. The number of likely N-dealkylation sites (tertiary alicyclic amines) is 1. The fraction of sp³-hybridized carbons (Fsp3) is 0.667. The first-order chi connectivity index (χ1) is 12.0. The van der Waals surface area contributed by atoms with E-state index in [-0.39, 0.29) is 23.4 Å². The van der Waals surface area contributed by atoms with E-state index in [0.717, 1.165) is 31.6 Å². The molecule has 0 saturated carbocycles. The number of hydrogen-bond donors (Lipinski definition) is 2. The summed E-state index contributed by atoms with van der Waals surface area (Å²) in [5.41, 5.74) is 0.0448. The van der Waals surface area contributed by atoms with Crippen molar-refractivity contribution in [1.82, 2.24) is 15.5 Å². The van der Waals surface area contributed by atoms with Crippen LogP contribution in [0.25, 0.3) is 0 Å². The number of aryl methyl sites for hydroxylation is 1. The molecule has 25 heavy (non-hydrogen) atoms. The fourth-order valence-corrected chi connectivity index (χ4v) is 3.29. The van der Waals surface area contributed by atoms with Gasteiger partial charge in [0.1, 0.15) is 5.76 Å². The molecule has 2 aliphatic rings. The van der Waals surface area contributed by atoms with Gasteiger partial charge in [0.25, 0.3) is 5.91 Å². The smallest absolute Gasteiger partial charge is 0.317 e. The fourth-order valence-electron chi connectivity index (χ4n) is 3.29. The number of furan rings is 1. The van der Waals surface area contributed by atoms with Crippen LogP contribution in [0.2, 0.25) is 0 Å². The molecule has 3 amide bonds. The molecular weight excluding hydrogens is 322 g/mol. The maximum atomic E-state index is 12.3. The van der Waals surface area contributed by atoms with Crippen molar-refractivity contribution in [2.75, 3.05) is 32.8 Å². The van der Waals surface area contributed by atoms with Crippen LogP contribution in [0, 0.1) is 12.3 Å². The summed E-state index contributed by atoms with van der Waals surface area (Å²) in [5.74, 6) is 0.868. The number of nitrogens with zero attached hydrogens (tertiary/aromatic N) is 1. The van der Waals surface area contributed by atoms with Gasteiger partial charge in [-0.1, -0.05) is 6.92 Å². The van der Waals surface area contributed by atoms with Crippen LogP contribution in [0.1, 0.15) is 42.5 Å². The van der Waals surface area contributed by atoms with Gasteiger partial charge in [0.2, 0.25) is 0 Å². The lowest BCUT2D eigenvalue weighted by Gasteiger charge is -2.33. The number of rotatable bonds is 4. The zero-order valence-electron chi connectivity index (χ0n) is 15.0. The predicted molar refractivity (Wildman–Crippen MR) is 92.4 cm³/mol. The molecule has 7 nitrogen and oxygen atoms in total. The Kier molecular flexibility index (Phi) is 5.32. The molecule has 1 aromatic rings. The van der Waals surface area contributed by atoms with Crippen LogP contribution in [0.5, 0.6) is 0 Å². The van der Waals surface area contributed by atoms with Gasteiger partial charge in [-0.25, -0.2) is 4.79 Å². The van der Waals surface area contributed by atoms with E-state index in [1.54, 1.807) is 12.1 Å². The van der Waals surface area contributed by atoms with Crippen molar-refractivity contribution in [1.29, 1.82) is 0 Å². The highest BCUT2D eigenvalue weighted by Gasteiger charge is 2.31. The summed E-state index contributed by atoms with van der Waals surface area (Å²) in [4.78, 5) is 26.3. The molecule has 2 N–H and O–H groups in total. The van der Waals surface area contributed by atoms with Crippen LogP contribution < -0.4 is 10.6 Å². The van der Waals surface area contributed by atoms with Crippen molar-refractivity contribution < 1.29 is 18.7 Å². The summed E-state index contributed by atoms with van der Waals surface area (Å²) in [5, 5.41) is 6.01. The van der Waals surface area contributed by atoms with Crippen LogP contribution in [0.15, 0.2) is 16.5 Å². The number of ether oxygens (including phenoxy) is 1. The molecule has 2 aliphatic heterocycles. The minimum absolute atomic E-state index is 0.0282. The Balaban J connectivity index is 1.40. The monoisotopic (exact) mass is 349 g/mol. The highest BCUT2D eigenvalue weighted by atomic mass is 16.5. The summed E-state index contributed by atoms with van der Waals surface area (Å²) in [6.45, 7) is 7.34. The lowest BCUT2D eigenvalue weighted by Crippen LogP contribution is -2.50. The van der Waals surface area contributed by atoms with E-state index < -0.39 is 0 Å². The zero-order valence-corrected chi connectivity index (χ0v) is 15.0. The normalized spacial score (nSPS) is 24.3. The van der Waals surface area contributed by atoms with Gasteiger partial charge in [0.15, 0.2) is 5.76 Å². The maximum absolute atomic E-state index is 12.3. The van der Waals surface area contributed by atoms with Gasteiger partial charge >= 0.3 is 6.03 Å². The molecule has 2 saturated heterocycles. The Hall–Kier alpha value is -2.02. The van der Waals surface area contributed by atoms with Crippen LogP contribution in [-0.2, 0) is 4.74 Å². The van der Waals surface area contributed by atoms with Gasteiger partial charge in [-0.3, -0.25) is 4.79 Å². The first-order valence-corrected chi connectivity index (χ1v) is 8.93. The van der Waals surface area contributed by atoms with Gasteiger partial charge in [-0.15, -0.1) is 0 Å². The number of urea groups is 1. The van der Waals surface area contributed by atoms with Gasteiger partial charge in [0, 0.05) is 37.7 Å². The molecule has 138 valence electrons. The molecule has 2 fully saturated rings. The van der Waals surface area contributed by atoms with Crippen molar-refractivity contribution in [2.24, 2.45) is 5.41 Å². The van der Waals surface area contributed by atoms with Crippen molar-refractivity contribution in [3.05, 3.63) is 23.7 Å². The van der Waals surface area contributed by atoms with E-state index in [1.807, 2.05) is 11.8 Å². The number of carbonyl (C=O) groups is 2. The van der Waals surface area contributed by atoms with Crippen molar-refractivity contribution in [3.63, 3.8) is 0 Å². The Bertz CT molecular complexity index is 614. The van der Waals surface area contributed by atoms with Crippen molar-refractivity contribution in [3.8, 4) is 0 Å². The number of piperidine rings is 1.